The summed E-state index contributed by atoms with van der Waals surface area (Å²) in [6.07, 6.45) is -0.661. The molecule has 1 rings (SSSR count). The molecule has 0 heterocycles. The molecule has 0 aliphatic rings. The highest BCUT2D eigenvalue weighted by Crippen LogP contribution is 2.13. The highest BCUT2D eigenvalue weighted by Gasteiger charge is 2.13. The standard InChI is InChI=1S/C14H20N2O4/c1-3-16(4-2)13(18)11-6-5-7-12(10-11)15-14(19)20-9-8-17/h5-7,10,17H,3-4,8-9H2,1-2H3,(H,15,19). The van der Waals surface area contributed by atoms with Crippen molar-refractivity contribution in [3.63, 3.8) is 0 Å². The molecule has 0 aliphatic carbocycles. The van der Waals surface area contributed by atoms with Gasteiger partial charge in [-0.05, 0) is 32.0 Å². The number of rotatable bonds is 6. The van der Waals surface area contributed by atoms with E-state index in [0.29, 0.717) is 24.3 Å². The van der Waals surface area contributed by atoms with E-state index in [2.05, 4.69) is 10.1 Å². The normalized spacial score (nSPS) is 9.95. The summed E-state index contributed by atoms with van der Waals surface area (Å²) in [6, 6.07) is 6.66. The van der Waals surface area contributed by atoms with Crippen molar-refractivity contribution < 1.29 is 19.4 Å². The van der Waals surface area contributed by atoms with Crippen molar-refractivity contribution in [2.45, 2.75) is 13.8 Å². The molecular weight excluding hydrogens is 260 g/mol. The number of hydrogen-bond acceptors (Lipinski definition) is 4. The fraction of sp³-hybridized carbons (Fsp3) is 0.429. The Kier molecular flexibility index (Phi) is 6.52. The maximum atomic E-state index is 12.2. The molecule has 2 N–H and O–H groups in total. The first-order chi connectivity index (χ1) is 9.62. The Morgan fingerprint density at radius 1 is 1.30 bits per heavy atom. The molecule has 0 fully saturated rings. The minimum atomic E-state index is -0.661. The van der Waals surface area contributed by atoms with Gasteiger partial charge in [-0.3, -0.25) is 10.1 Å². The van der Waals surface area contributed by atoms with Gasteiger partial charge in [0, 0.05) is 24.3 Å². The number of ether oxygens (including phenoxy) is 1. The van der Waals surface area contributed by atoms with Gasteiger partial charge in [-0.2, -0.15) is 0 Å². The van der Waals surface area contributed by atoms with Crippen molar-refractivity contribution in [1.29, 1.82) is 0 Å². The summed E-state index contributed by atoms with van der Waals surface area (Å²) in [5, 5.41) is 11.1. The molecule has 0 unspecified atom stereocenters. The lowest BCUT2D eigenvalue weighted by Crippen LogP contribution is -2.30. The Labute approximate surface area is 118 Å². The molecule has 0 saturated heterocycles. The van der Waals surface area contributed by atoms with Gasteiger partial charge in [0.1, 0.15) is 6.61 Å². The number of aliphatic hydroxyl groups excluding tert-OH is 1. The van der Waals surface area contributed by atoms with E-state index in [9.17, 15) is 9.59 Å². The van der Waals surface area contributed by atoms with Crippen molar-refractivity contribution in [2.75, 3.05) is 31.6 Å². The Bertz CT molecular complexity index is 458. The monoisotopic (exact) mass is 280 g/mol. The predicted molar refractivity (Wildman–Crippen MR) is 75.8 cm³/mol. The number of benzene rings is 1. The zero-order chi connectivity index (χ0) is 15.0. The largest absolute Gasteiger partial charge is 0.447 e. The van der Waals surface area contributed by atoms with Crippen LogP contribution in [0.1, 0.15) is 24.2 Å². The SMILES string of the molecule is CCN(CC)C(=O)c1cccc(NC(=O)OCCO)c1. The average molecular weight is 280 g/mol. The van der Waals surface area contributed by atoms with E-state index >= 15 is 0 Å². The number of amides is 2. The van der Waals surface area contributed by atoms with Crippen LogP contribution in [0.3, 0.4) is 0 Å². The van der Waals surface area contributed by atoms with E-state index in [1.54, 1.807) is 29.2 Å². The topological polar surface area (TPSA) is 78.9 Å². The summed E-state index contributed by atoms with van der Waals surface area (Å²) in [5.74, 6) is -0.0811. The van der Waals surface area contributed by atoms with Gasteiger partial charge in [0.25, 0.3) is 5.91 Å². The number of hydrogen-bond donors (Lipinski definition) is 2. The van der Waals surface area contributed by atoms with Crippen LogP contribution in [0.25, 0.3) is 0 Å². The number of nitrogens with one attached hydrogen (secondary N) is 1. The second-order valence-corrected chi connectivity index (χ2v) is 4.04. The molecule has 0 bridgehead atoms. The molecule has 0 atom stereocenters. The van der Waals surface area contributed by atoms with Gasteiger partial charge >= 0.3 is 6.09 Å². The molecule has 2 amide bonds. The maximum absolute atomic E-state index is 12.2. The summed E-state index contributed by atoms with van der Waals surface area (Å²) in [5.41, 5.74) is 0.986. The molecule has 110 valence electrons. The Morgan fingerprint density at radius 2 is 2.00 bits per heavy atom. The van der Waals surface area contributed by atoms with Gasteiger partial charge in [-0.15, -0.1) is 0 Å². The van der Waals surface area contributed by atoms with E-state index in [0.717, 1.165) is 0 Å². The van der Waals surface area contributed by atoms with Crippen molar-refractivity contribution >= 4 is 17.7 Å². The van der Waals surface area contributed by atoms with Gasteiger partial charge < -0.3 is 14.7 Å². The van der Waals surface area contributed by atoms with Gasteiger partial charge in [-0.25, -0.2) is 4.79 Å². The Hall–Kier alpha value is -2.08. The fourth-order valence-corrected chi connectivity index (χ4v) is 1.72. The molecule has 6 nitrogen and oxygen atoms in total. The first kappa shape index (κ1) is 16.0. The van der Waals surface area contributed by atoms with Crippen molar-refractivity contribution in [3.8, 4) is 0 Å². The molecule has 0 spiro atoms. The van der Waals surface area contributed by atoms with Crippen molar-refractivity contribution in [2.24, 2.45) is 0 Å². The van der Waals surface area contributed by atoms with E-state index in [4.69, 9.17) is 5.11 Å². The lowest BCUT2D eigenvalue weighted by atomic mass is 10.1. The molecule has 1 aromatic carbocycles. The molecule has 0 aromatic heterocycles. The van der Waals surface area contributed by atoms with E-state index < -0.39 is 6.09 Å². The third-order valence-electron chi connectivity index (χ3n) is 2.73. The average Bonchev–Trinajstić information content (AvgIpc) is 2.46. The molecule has 6 heteroatoms. The number of aliphatic hydroxyl groups is 1. The Morgan fingerprint density at radius 3 is 2.60 bits per heavy atom. The first-order valence-corrected chi connectivity index (χ1v) is 6.56. The highest BCUT2D eigenvalue weighted by molar-refractivity contribution is 5.96. The van der Waals surface area contributed by atoms with Crippen LogP contribution in [0, 0.1) is 0 Å². The summed E-state index contributed by atoms with van der Waals surface area (Å²) in [7, 11) is 0. The lowest BCUT2D eigenvalue weighted by molar-refractivity contribution is 0.0773. The lowest BCUT2D eigenvalue weighted by Gasteiger charge is -2.18. The molecule has 1 aromatic rings. The molecule has 0 radical (unpaired) electrons. The third-order valence-corrected chi connectivity index (χ3v) is 2.73. The second kappa shape index (κ2) is 8.16. The molecule has 0 saturated carbocycles. The van der Waals surface area contributed by atoms with Crippen LogP contribution in [0.4, 0.5) is 10.5 Å². The molecule has 20 heavy (non-hydrogen) atoms. The third kappa shape index (κ3) is 4.55. The predicted octanol–water partition coefficient (Wildman–Crippen LogP) is 1.71. The zero-order valence-corrected chi connectivity index (χ0v) is 11.8. The number of carbonyl (C=O) groups is 2. The number of nitrogens with zero attached hydrogens (tertiary/aromatic N) is 1. The summed E-state index contributed by atoms with van der Waals surface area (Å²) < 4.78 is 4.69. The summed E-state index contributed by atoms with van der Waals surface area (Å²) >= 11 is 0. The fourth-order valence-electron chi connectivity index (χ4n) is 1.72. The van der Waals surface area contributed by atoms with Crippen LogP contribution in [0.2, 0.25) is 0 Å². The first-order valence-electron chi connectivity index (χ1n) is 6.56. The van der Waals surface area contributed by atoms with Crippen LogP contribution in [-0.4, -0.2) is 48.3 Å². The second-order valence-electron chi connectivity index (χ2n) is 4.04. The Balaban J connectivity index is 2.75. The quantitative estimate of drug-likeness (QED) is 0.831. The maximum Gasteiger partial charge on any atom is 0.411 e. The van der Waals surface area contributed by atoms with Crippen LogP contribution in [0.15, 0.2) is 24.3 Å². The van der Waals surface area contributed by atoms with Crippen molar-refractivity contribution in [3.05, 3.63) is 29.8 Å². The van der Waals surface area contributed by atoms with Gasteiger partial charge in [0.2, 0.25) is 0 Å². The molecule has 0 aliphatic heterocycles. The van der Waals surface area contributed by atoms with Gasteiger partial charge in [0.05, 0.1) is 6.61 Å². The van der Waals surface area contributed by atoms with E-state index in [1.807, 2.05) is 13.8 Å². The van der Waals surface area contributed by atoms with Gasteiger partial charge in [-0.1, -0.05) is 6.07 Å². The number of anilines is 1. The van der Waals surface area contributed by atoms with Crippen LogP contribution in [0.5, 0.6) is 0 Å². The highest BCUT2D eigenvalue weighted by atomic mass is 16.6. The van der Waals surface area contributed by atoms with Gasteiger partial charge in [0.15, 0.2) is 0 Å². The minimum Gasteiger partial charge on any atom is -0.447 e. The van der Waals surface area contributed by atoms with Crippen LogP contribution < -0.4 is 5.32 Å². The molecular formula is C14H20N2O4. The zero-order valence-electron chi connectivity index (χ0n) is 11.8. The van der Waals surface area contributed by atoms with E-state index in [-0.39, 0.29) is 19.1 Å². The minimum absolute atomic E-state index is 0.0656. The smallest absolute Gasteiger partial charge is 0.411 e. The summed E-state index contributed by atoms with van der Waals surface area (Å²) in [4.78, 5) is 25.2. The number of carbonyl (C=O) groups excluding carboxylic acids is 2. The van der Waals surface area contributed by atoms with Crippen molar-refractivity contribution in [1.82, 2.24) is 4.90 Å². The van der Waals surface area contributed by atoms with Crippen LogP contribution >= 0.6 is 0 Å². The summed E-state index contributed by atoms with van der Waals surface area (Å²) in [6.45, 7) is 4.79. The van der Waals surface area contributed by atoms with E-state index in [1.165, 1.54) is 0 Å². The van der Waals surface area contributed by atoms with Crippen LogP contribution in [-0.2, 0) is 4.74 Å².